The molecule has 5 heteroatoms. The summed E-state index contributed by atoms with van der Waals surface area (Å²) in [6, 6.07) is 23.8. The first-order valence-corrected chi connectivity index (χ1v) is 7.50. The van der Waals surface area contributed by atoms with E-state index in [2.05, 4.69) is 10.3 Å². The molecule has 0 bridgehead atoms. The maximum absolute atomic E-state index is 12.9. The van der Waals surface area contributed by atoms with Crippen LogP contribution in [0.5, 0.6) is 11.5 Å². The number of rotatable bonds is 3. The van der Waals surface area contributed by atoms with Gasteiger partial charge in [0.25, 0.3) is 5.91 Å². The number of para-hydroxylation sites is 3. The van der Waals surface area contributed by atoms with Crippen molar-refractivity contribution in [1.82, 2.24) is 15.0 Å². The Balaban J connectivity index is 1.75. The van der Waals surface area contributed by atoms with Crippen molar-refractivity contribution in [3.63, 3.8) is 0 Å². The van der Waals surface area contributed by atoms with Gasteiger partial charge in [0, 0.05) is 0 Å². The molecule has 0 aliphatic rings. The molecule has 4 rings (SSSR count). The molecule has 0 aliphatic carbocycles. The predicted molar refractivity (Wildman–Crippen MR) is 90.2 cm³/mol. The Morgan fingerprint density at radius 2 is 1.54 bits per heavy atom. The third-order valence-corrected chi connectivity index (χ3v) is 3.63. The van der Waals surface area contributed by atoms with E-state index < -0.39 is 0 Å². The highest BCUT2D eigenvalue weighted by molar-refractivity contribution is 6.02. The lowest BCUT2D eigenvalue weighted by Crippen LogP contribution is -2.14. The maximum Gasteiger partial charge on any atom is 0.283 e. The van der Waals surface area contributed by atoms with E-state index >= 15 is 0 Å². The van der Waals surface area contributed by atoms with E-state index in [0.29, 0.717) is 28.1 Å². The molecule has 0 saturated heterocycles. The van der Waals surface area contributed by atoms with Crippen LogP contribution in [-0.4, -0.2) is 20.9 Å². The fraction of sp³-hybridized carbons (Fsp3) is 0. The summed E-state index contributed by atoms with van der Waals surface area (Å²) in [6.45, 7) is 0. The molecule has 0 atom stereocenters. The van der Waals surface area contributed by atoms with Gasteiger partial charge in [-0.1, -0.05) is 47.7 Å². The van der Waals surface area contributed by atoms with Crippen molar-refractivity contribution in [3.8, 4) is 11.5 Å². The van der Waals surface area contributed by atoms with Crippen molar-refractivity contribution in [2.24, 2.45) is 0 Å². The highest BCUT2D eigenvalue weighted by atomic mass is 16.5. The minimum atomic E-state index is -0.282. The third-order valence-electron chi connectivity index (χ3n) is 3.63. The summed E-state index contributed by atoms with van der Waals surface area (Å²) in [7, 11) is 0. The first kappa shape index (κ1) is 14.1. The lowest BCUT2D eigenvalue weighted by Gasteiger charge is -2.10. The van der Waals surface area contributed by atoms with Gasteiger partial charge in [-0.25, -0.2) is 0 Å². The zero-order chi connectivity index (χ0) is 16.4. The molecule has 4 aromatic rings. The number of ether oxygens (including phenoxy) is 1. The van der Waals surface area contributed by atoms with Crippen LogP contribution >= 0.6 is 0 Å². The van der Waals surface area contributed by atoms with E-state index in [1.165, 1.54) is 4.68 Å². The van der Waals surface area contributed by atoms with E-state index in [4.69, 9.17) is 4.74 Å². The van der Waals surface area contributed by atoms with Crippen LogP contribution in [0.2, 0.25) is 0 Å². The fourth-order valence-electron chi connectivity index (χ4n) is 2.48. The fourth-order valence-corrected chi connectivity index (χ4v) is 2.48. The number of aromatic nitrogens is 3. The minimum Gasteiger partial charge on any atom is -0.457 e. The molecule has 3 aromatic carbocycles. The predicted octanol–water partition coefficient (Wildman–Crippen LogP) is 3.91. The molecule has 0 fully saturated rings. The van der Waals surface area contributed by atoms with Gasteiger partial charge in [0.1, 0.15) is 17.0 Å². The molecule has 0 spiro atoms. The Morgan fingerprint density at radius 1 is 0.833 bits per heavy atom. The normalized spacial score (nSPS) is 10.7. The van der Waals surface area contributed by atoms with Crippen LogP contribution in [0.1, 0.15) is 10.4 Å². The van der Waals surface area contributed by atoms with Crippen molar-refractivity contribution < 1.29 is 9.53 Å². The number of nitrogens with zero attached hydrogens (tertiary/aromatic N) is 3. The molecule has 0 amide bonds. The molecular weight excluding hydrogens is 302 g/mol. The number of carbonyl (C=O) groups is 1. The van der Waals surface area contributed by atoms with Crippen LogP contribution in [0.3, 0.4) is 0 Å². The van der Waals surface area contributed by atoms with Crippen LogP contribution in [0.25, 0.3) is 11.0 Å². The Kier molecular flexibility index (Phi) is 3.51. The molecule has 0 radical (unpaired) electrons. The molecule has 1 heterocycles. The van der Waals surface area contributed by atoms with E-state index in [-0.39, 0.29) is 5.91 Å². The van der Waals surface area contributed by atoms with Crippen LogP contribution in [-0.2, 0) is 0 Å². The second-order valence-electron chi connectivity index (χ2n) is 5.21. The maximum atomic E-state index is 12.9. The molecule has 116 valence electrons. The molecule has 0 aliphatic heterocycles. The highest BCUT2D eigenvalue weighted by Crippen LogP contribution is 2.26. The van der Waals surface area contributed by atoms with Gasteiger partial charge >= 0.3 is 0 Å². The van der Waals surface area contributed by atoms with Gasteiger partial charge in [-0.3, -0.25) is 4.79 Å². The van der Waals surface area contributed by atoms with Gasteiger partial charge in [-0.05, 0) is 36.4 Å². The summed E-state index contributed by atoms with van der Waals surface area (Å²) in [5.41, 5.74) is 1.77. The van der Waals surface area contributed by atoms with E-state index in [1.54, 1.807) is 18.2 Å². The van der Waals surface area contributed by atoms with E-state index in [1.807, 2.05) is 60.7 Å². The van der Waals surface area contributed by atoms with Gasteiger partial charge < -0.3 is 4.74 Å². The van der Waals surface area contributed by atoms with Crippen LogP contribution in [0.4, 0.5) is 0 Å². The summed E-state index contributed by atoms with van der Waals surface area (Å²) >= 11 is 0. The number of hydrogen-bond donors (Lipinski definition) is 0. The largest absolute Gasteiger partial charge is 0.457 e. The summed E-state index contributed by atoms with van der Waals surface area (Å²) in [5, 5.41) is 8.01. The van der Waals surface area contributed by atoms with Gasteiger partial charge in [-0.2, -0.15) is 4.68 Å². The van der Waals surface area contributed by atoms with Crippen molar-refractivity contribution in [1.29, 1.82) is 0 Å². The monoisotopic (exact) mass is 315 g/mol. The smallest absolute Gasteiger partial charge is 0.283 e. The topological polar surface area (TPSA) is 57.0 Å². The Bertz CT molecular complexity index is 1010. The number of hydrogen-bond acceptors (Lipinski definition) is 4. The highest BCUT2D eigenvalue weighted by Gasteiger charge is 2.18. The van der Waals surface area contributed by atoms with Crippen molar-refractivity contribution in [3.05, 3.63) is 84.4 Å². The van der Waals surface area contributed by atoms with Gasteiger partial charge in [0.2, 0.25) is 0 Å². The lowest BCUT2D eigenvalue weighted by atomic mass is 10.2. The molecule has 0 unspecified atom stereocenters. The van der Waals surface area contributed by atoms with Crippen molar-refractivity contribution in [2.45, 2.75) is 0 Å². The summed E-state index contributed by atoms with van der Waals surface area (Å²) < 4.78 is 7.15. The molecular formula is C19H13N3O2. The molecule has 5 nitrogen and oxygen atoms in total. The standard InChI is InChI=1S/C19H13N3O2/c23-19(22-17-12-6-5-11-16(17)20-21-22)15-10-4-7-13-18(15)24-14-8-2-1-3-9-14/h1-13H. The van der Waals surface area contributed by atoms with Crippen molar-refractivity contribution in [2.75, 3.05) is 0 Å². The zero-order valence-corrected chi connectivity index (χ0v) is 12.7. The zero-order valence-electron chi connectivity index (χ0n) is 12.7. The Hall–Kier alpha value is -3.47. The van der Waals surface area contributed by atoms with Crippen molar-refractivity contribution >= 4 is 16.9 Å². The second kappa shape index (κ2) is 5.96. The SMILES string of the molecule is O=C(c1ccccc1Oc1ccccc1)n1nnc2ccccc21. The number of fused-ring (bicyclic) bond motifs is 1. The van der Waals surface area contributed by atoms with Gasteiger partial charge in [0.15, 0.2) is 0 Å². The quantitative estimate of drug-likeness (QED) is 0.575. The van der Waals surface area contributed by atoms with Crippen LogP contribution in [0.15, 0.2) is 78.9 Å². The first-order chi connectivity index (χ1) is 11.8. The number of carbonyl (C=O) groups excluding carboxylic acids is 1. The third kappa shape index (κ3) is 2.52. The van der Waals surface area contributed by atoms with E-state index in [0.717, 1.165) is 0 Å². The Labute approximate surface area is 138 Å². The first-order valence-electron chi connectivity index (χ1n) is 7.50. The van der Waals surface area contributed by atoms with Gasteiger partial charge in [-0.15, -0.1) is 5.10 Å². The minimum absolute atomic E-state index is 0.282. The average molecular weight is 315 g/mol. The van der Waals surface area contributed by atoms with Gasteiger partial charge in [0.05, 0.1) is 11.1 Å². The lowest BCUT2D eigenvalue weighted by molar-refractivity contribution is 0.0946. The molecule has 0 N–H and O–H groups in total. The Morgan fingerprint density at radius 3 is 2.42 bits per heavy atom. The van der Waals surface area contributed by atoms with Crippen LogP contribution < -0.4 is 4.74 Å². The summed E-state index contributed by atoms with van der Waals surface area (Å²) in [4.78, 5) is 12.9. The van der Waals surface area contributed by atoms with Crippen LogP contribution in [0, 0.1) is 0 Å². The summed E-state index contributed by atoms with van der Waals surface area (Å²) in [5.74, 6) is 0.865. The molecule has 0 saturated carbocycles. The molecule has 1 aromatic heterocycles. The molecule has 24 heavy (non-hydrogen) atoms. The second-order valence-corrected chi connectivity index (χ2v) is 5.21. The summed E-state index contributed by atoms with van der Waals surface area (Å²) in [6.07, 6.45) is 0. The van der Waals surface area contributed by atoms with E-state index in [9.17, 15) is 4.79 Å². The number of benzene rings is 3. The average Bonchev–Trinajstić information content (AvgIpc) is 3.07.